The smallest absolute Gasteiger partial charge is 0.220 e. The third-order valence-corrected chi connectivity index (χ3v) is 6.18. The normalized spacial score (nSPS) is 12.9. The molecule has 0 bridgehead atoms. The molecule has 3 heterocycles. The van der Waals surface area contributed by atoms with Gasteiger partial charge in [-0.2, -0.15) is 0 Å². The lowest BCUT2D eigenvalue weighted by Crippen LogP contribution is -2.30. The van der Waals surface area contributed by atoms with Gasteiger partial charge in [0.15, 0.2) is 5.82 Å². The van der Waals surface area contributed by atoms with Gasteiger partial charge < -0.3 is 5.32 Å². The number of thiophene rings is 1. The van der Waals surface area contributed by atoms with Crippen LogP contribution in [-0.2, 0) is 17.8 Å². The van der Waals surface area contributed by atoms with Gasteiger partial charge in [-0.25, -0.2) is 0 Å². The zero-order chi connectivity index (χ0) is 20.5. The topological polar surface area (TPSA) is 72.2 Å². The van der Waals surface area contributed by atoms with Gasteiger partial charge in [-0.05, 0) is 39.3 Å². The Balaban J connectivity index is 1.75. The Hall–Kier alpha value is -2.51. The highest BCUT2D eigenvalue weighted by Crippen LogP contribution is 2.34. The van der Waals surface area contributed by atoms with Crippen molar-refractivity contribution in [2.24, 2.45) is 4.99 Å². The minimum Gasteiger partial charge on any atom is -0.354 e. The van der Waals surface area contributed by atoms with E-state index in [9.17, 15) is 4.79 Å². The molecule has 0 atom stereocenters. The van der Waals surface area contributed by atoms with E-state index < -0.39 is 0 Å². The molecule has 0 aliphatic carbocycles. The Morgan fingerprint density at radius 1 is 1.28 bits per heavy atom. The van der Waals surface area contributed by atoms with Gasteiger partial charge in [-0.15, -0.1) is 21.5 Å². The maximum atomic E-state index is 12.1. The quantitative estimate of drug-likeness (QED) is 0.666. The summed E-state index contributed by atoms with van der Waals surface area (Å²) in [5.41, 5.74) is 2.75. The maximum absolute atomic E-state index is 12.1. The maximum Gasteiger partial charge on any atom is 0.220 e. The third kappa shape index (κ3) is 3.97. The lowest BCUT2D eigenvalue weighted by atomic mass is 10.0. The van der Waals surface area contributed by atoms with Gasteiger partial charge in [0.05, 0.1) is 5.71 Å². The second-order valence-electron chi connectivity index (χ2n) is 7.30. The molecule has 2 aromatic heterocycles. The third-order valence-electron chi connectivity index (χ3n) is 4.67. The number of hydrogen-bond acceptors (Lipinski definition) is 5. The van der Waals surface area contributed by atoms with Crippen molar-refractivity contribution in [3.8, 4) is 5.00 Å². The number of fused-ring (bicyclic) bond motifs is 3. The average molecular weight is 428 g/mol. The van der Waals surface area contributed by atoms with Gasteiger partial charge in [0.1, 0.15) is 17.4 Å². The standard InChI is InChI=1S/C21H22ClN5OS/c1-12(2)24-19(28)9-8-14-10-16-20(15-6-4-5-7-17(15)22)23-11-18-26-25-13(3)27(18)21(16)29-14/h4-7,10,12H,8-9,11H2,1-3H3,(H,24,28). The van der Waals surface area contributed by atoms with E-state index in [-0.39, 0.29) is 11.9 Å². The summed E-state index contributed by atoms with van der Waals surface area (Å²) < 4.78 is 2.06. The summed E-state index contributed by atoms with van der Waals surface area (Å²) in [6.45, 7) is 6.31. The number of carbonyl (C=O) groups excluding carboxylic acids is 1. The van der Waals surface area contributed by atoms with Crippen LogP contribution in [0.25, 0.3) is 5.00 Å². The van der Waals surface area contributed by atoms with Crippen LogP contribution in [-0.4, -0.2) is 32.4 Å². The van der Waals surface area contributed by atoms with Gasteiger partial charge in [0.2, 0.25) is 5.91 Å². The van der Waals surface area contributed by atoms with Crippen LogP contribution < -0.4 is 5.32 Å². The van der Waals surface area contributed by atoms with Crippen LogP contribution in [0.5, 0.6) is 0 Å². The van der Waals surface area contributed by atoms with Gasteiger partial charge in [0, 0.05) is 33.5 Å². The zero-order valence-corrected chi connectivity index (χ0v) is 18.1. The molecule has 0 fully saturated rings. The fraction of sp³-hybridized carbons (Fsp3) is 0.333. The van der Waals surface area contributed by atoms with Crippen LogP contribution in [0, 0.1) is 6.92 Å². The summed E-state index contributed by atoms with van der Waals surface area (Å²) in [4.78, 5) is 18.0. The first-order valence-corrected chi connectivity index (χ1v) is 10.8. The van der Waals surface area contributed by atoms with Crippen LogP contribution in [0.3, 0.4) is 0 Å². The summed E-state index contributed by atoms with van der Waals surface area (Å²) >= 11 is 8.14. The number of carbonyl (C=O) groups is 1. The molecule has 3 aromatic rings. The number of aliphatic imine (C=N–C) groups is 1. The molecule has 1 aliphatic rings. The van der Waals surface area contributed by atoms with E-state index in [1.807, 2.05) is 45.0 Å². The van der Waals surface area contributed by atoms with Crippen molar-refractivity contribution >= 4 is 34.6 Å². The van der Waals surface area contributed by atoms with Gasteiger partial charge in [-0.1, -0.05) is 29.8 Å². The van der Waals surface area contributed by atoms with Crippen molar-refractivity contribution in [1.82, 2.24) is 20.1 Å². The number of nitrogens with one attached hydrogen (secondary N) is 1. The van der Waals surface area contributed by atoms with Crippen LogP contribution in [0.2, 0.25) is 5.02 Å². The van der Waals surface area contributed by atoms with Crippen molar-refractivity contribution in [2.45, 2.75) is 46.2 Å². The van der Waals surface area contributed by atoms with Crippen LogP contribution >= 0.6 is 22.9 Å². The van der Waals surface area contributed by atoms with E-state index in [1.54, 1.807) is 11.3 Å². The lowest BCUT2D eigenvalue weighted by Gasteiger charge is -2.08. The zero-order valence-electron chi connectivity index (χ0n) is 16.6. The second-order valence-corrected chi connectivity index (χ2v) is 8.82. The Morgan fingerprint density at radius 2 is 2.07 bits per heavy atom. The number of aromatic nitrogens is 3. The molecule has 1 amide bonds. The predicted octanol–water partition coefficient (Wildman–Crippen LogP) is 4.10. The first-order valence-electron chi connectivity index (χ1n) is 9.57. The van der Waals surface area contributed by atoms with Crippen LogP contribution in [0.15, 0.2) is 35.3 Å². The number of aryl methyl sites for hydroxylation is 2. The van der Waals surface area contributed by atoms with Gasteiger partial charge in [-0.3, -0.25) is 14.4 Å². The lowest BCUT2D eigenvalue weighted by molar-refractivity contribution is -0.121. The number of rotatable bonds is 5. The molecule has 8 heteroatoms. The van der Waals surface area contributed by atoms with E-state index in [2.05, 4.69) is 26.1 Å². The molecule has 6 nitrogen and oxygen atoms in total. The molecule has 0 unspecified atom stereocenters. The Morgan fingerprint density at radius 3 is 2.83 bits per heavy atom. The molecule has 4 rings (SSSR count). The predicted molar refractivity (Wildman–Crippen MR) is 116 cm³/mol. The summed E-state index contributed by atoms with van der Waals surface area (Å²) in [5, 5.41) is 13.2. The molecular weight excluding hydrogens is 406 g/mol. The summed E-state index contributed by atoms with van der Waals surface area (Å²) in [7, 11) is 0. The Kier molecular flexibility index (Phi) is 5.52. The molecule has 29 heavy (non-hydrogen) atoms. The Bertz CT molecular complexity index is 1100. The van der Waals surface area contributed by atoms with Crippen LogP contribution in [0.1, 0.15) is 47.9 Å². The number of amides is 1. The SMILES string of the molecule is Cc1nnc2n1-c1sc(CCC(=O)NC(C)C)cc1C(c1ccccc1Cl)=NC2. The molecule has 1 aromatic carbocycles. The Labute approximate surface area is 178 Å². The minimum atomic E-state index is 0.0600. The number of halogens is 1. The minimum absolute atomic E-state index is 0.0600. The molecule has 0 saturated carbocycles. The van der Waals surface area contributed by atoms with E-state index in [1.165, 1.54) is 0 Å². The number of hydrogen-bond donors (Lipinski definition) is 1. The highest BCUT2D eigenvalue weighted by atomic mass is 35.5. The van der Waals surface area contributed by atoms with Gasteiger partial charge >= 0.3 is 0 Å². The highest BCUT2D eigenvalue weighted by molar-refractivity contribution is 7.15. The number of benzene rings is 1. The monoisotopic (exact) mass is 427 g/mol. The fourth-order valence-electron chi connectivity index (χ4n) is 3.41. The van der Waals surface area contributed by atoms with Crippen molar-refractivity contribution in [1.29, 1.82) is 0 Å². The first kappa shape index (κ1) is 19.8. The van der Waals surface area contributed by atoms with E-state index in [0.29, 0.717) is 24.4 Å². The average Bonchev–Trinajstić information content (AvgIpc) is 3.20. The molecule has 0 spiro atoms. The summed E-state index contributed by atoms with van der Waals surface area (Å²) in [5.74, 6) is 1.68. The van der Waals surface area contributed by atoms with Crippen molar-refractivity contribution in [2.75, 3.05) is 0 Å². The first-order chi connectivity index (χ1) is 13.9. The highest BCUT2D eigenvalue weighted by Gasteiger charge is 2.25. The van der Waals surface area contributed by atoms with E-state index >= 15 is 0 Å². The fourth-order valence-corrected chi connectivity index (χ4v) is 4.86. The summed E-state index contributed by atoms with van der Waals surface area (Å²) in [6, 6.07) is 10.00. The van der Waals surface area contributed by atoms with E-state index in [4.69, 9.17) is 16.6 Å². The van der Waals surface area contributed by atoms with Crippen molar-refractivity contribution in [3.05, 3.63) is 63.0 Å². The van der Waals surface area contributed by atoms with E-state index in [0.717, 1.165) is 38.4 Å². The van der Waals surface area contributed by atoms with Crippen molar-refractivity contribution in [3.63, 3.8) is 0 Å². The van der Waals surface area contributed by atoms with Crippen LogP contribution in [0.4, 0.5) is 0 Å². The number of nitrogens with zero attached hydrogens (tertiary/aromatic N) is 4. The van der Waals surface area contributed by atoms with Gasteiger partial charge in [0.25, 0.3) is 0 Å². The summed E-state index contributed by atoms with van der Waals surface area (Å²) in [6.07, 6.45) is 1.12. The molecular formula is C21H22ClN5OS. The molecule has 0 saturated heterocycles. The molecule has 150 valence electrons. The molecule has 0 radical (unpaired) electrons. The van der Waals surface area contributed by atoms with Crippen molar-refractivity contribution < 1.29 is 4.79 Å². The molecule has 1 N–H and O–H groups in total. The largest absolute Gasteiger partial charge is 0.354 e. The second kappa shape index (κ2) is 8.08. The molecule has 1 aliphatic heterocycles.